The Morgan fingerprint density at radius 1 is 1.24 bits per heavy atom. The Bertz CT molecular complexity index is 402. The fourth-order valence-corrected chi connectivity index (χ4v) is 2.77. The molecule has 0 aliphatic carbocycles. The number of ether oxygens (including phenoxy) is 1. The van der Waals surface area contributed by atoms with Gasteiger partial charge >= 0.3 is 0 Å². The molecule has 1 fully saturated rings. The second-order valence-electron chi connectivity index (χ2n) is 6.08. The summed E-state index contributed by atoms with van der Waals surface area (Å²) in [4.78, 5) is 2.49. The predicted molar refractivity (Wildman–Crippen MR) is 84.2 cm³/mol. The molecule has 0 unspecified atom stereocenters. The molecule has 1 heterocycles. The molecule has 0 atom stereocenters. The molecule has 0 bridgehead atoms. The Balaban J connectivity index is 1.75. The molecule has 1 aromatic rings. The van der Waals surface area contributed by atoms with E-state index in [2.05, 4.69) is 24.1 Å². The van der Waals surface area contributed by atoms with Crippen LogP contribution in [0.3, 0.4) is 0 Å². The van der Waals surface area contributed by atoms with Gasteiger partial charge in [0.15, 0.2) is 0 Å². The van der Waals surface area contributed by atoms with Crippen molar-refractivity contribution in [2.24, 2.45) is 5.92 Å². The number of hydrogen-bond donors (Lipinski definition) is 1. The third-order valence-corrected chi connectivity index (χ3v) is 4.14. The zero-order chi connectivity index (χ0) is 15.1. The van der Waals surface area contributed by atoms with E-state index in [-0.39, 0.29) is 5.82 Å². The molecule has 118 valence electrons. The summed E-state index contributed by atoms with van der Waals surface area (Å²) in [6.45, 7) is 9.46. The molecular formula is C17H27FN2O. The van der Waals surface area contributed by atoms with Crippen molar-refractivity contribution < 1.29 is 9.13 Å². The van der Waals surface area contributed by atoms with Crippen LogP contribution < -0.4 is 10.1 Å². The van der Waals surface area contributed by atoms with Crippen LogP contribution in [0.15, 0.2) is 24.3 Å². The minimum atomic E-state index is -0.225. The molecule has 1 aromatic carbocycles. The molecular weight excluding hydrogens is 267 g/mol. The van der Waals surface area contributed by atoms with Gasteiger partial charge in [0.2, 0.25) is 0 Å². The predicted octanol–water partition coefficient (Wildman–Crippen LogP) is 2.91. The van der Waals surface area contributed by atoms with Gasteiger partial charge in [-0.1, -0.05) is 0 Å². The monoisotopic (exact) mass is 294 g/mol. The molecule has 0 saturated carbocycles. The molecule has 3 nitrogen and oxygen atoms in total. The summed E-state index contributed by atoms with van der Waals surface area (Å²) in [6.07, 6.45) is 2.53. The average molecular weight is 294 g/mol. The molecule has 4 heteroatoms. The number of piperidine rings is 1. The van der Waals surface area contributed by atoms with E-state index in [1.54, 1.807) is 12.1 Å². The van der Waals surface area contributed by atoms with Crippen molar-refractivity contribution >= 4 is 0 Å². The van der Waals surface area contributed by atoms with Crippen molar-refractivity contribution in [3.8, 4) is 5.75 Å². The van der Waals surface area contributed by atoms with Gasteiger partial charge in [-0.05, 0) is 70.0 Å². The Morgan fingerprint density at radius 3 is 2.52 bits per heavy atom. The van der Waals surface area contributed by atoms with E-state index in [1.807, 2.05) is 0 Å². The summed E-state index contributed by atoms with van der Waals surface area (Å²) >= 11 is 0. The van der Waals surface area contributed by atoms with Gasteiger partial charge in [0.05, 0.1) is 0 Å². The van der Waals surface area contributed by atoms with Crippen molar-refractivity contribution in [2.45, 2.75) is 32.7 Å². The summed E-state index contributed by atoms with van der Waals surface area (Å²) < 4.78 is 18.5. The fourth-order valence-electron chi connectivity index (χ4n) is 2.77. The maximum Gasteiger partial charge on any atom is 0.123 e. The van der Waals surface area contributed by atoms with Crippen LogP contribution in [0.2, 0.25) is 0 Å². The molecule has 1 aliphatic rings. The van der Waals surface area contributed by atoms with E-state index in [0.717, 1.165) is 37.8 Å². The van der Waals surface area contributed by atoms with Crippen LogP contribution in [0.4, 0.5) is 4.39 Å². The van der Waals surface area contributed by atoms with Gasteiger partial charge in [-0.25, -0.2) is 4.39 Å². The van der Waals surface area contributed by atoms with Gasteiger partial charge in [0.25, 0.3) is 0 Å². The zero-order valence-electron chi connectivity index (χ0n) is 13.1. The van der Waals surface area contributed by atoms with Crippen LogP contribution in [0.5, 0.6) is 5.75 Å². The minimum Gasteiger partial charge on any atom is -0.492 e. The molecule has 1 saturated heterocycles. The number of benzene rings is 1. The van der Waals surface area contributed by atoms with Gasteiger partial charge < -0.3 is 10.1 Å². The Kier molecular flexibility index (Phi) is 6.46. The third kappa shape index (κ3) is 5.64. The third-order valence-electron chi connectivity index (χ3n) is 4.14. The SMILES string of the molecule is CC(C)N(CCOc1ccc(F)cc1)CC1CCNCC1. The first-order chi connectivity index (χ1) is 10.1. The first kappa shape index (κ1) is 16.2. The molecule has 0 aromatic heterocycles. The van der Waals surface area contributed by atoms with Crippen molar-refractivity contribution in [3.05, 3.63) is 30.1 Å². The molecule has 0 radical (unpaired) electrons. The van der Waals surface area contributed by atoms with Gasteiger partial charge in [-0.15, -0.1) is 0 Å². The first-order valence-corrected chi connectivity index (χ1v) is 7.98. The molecule has 21 heavy (non-hydrogen) atoms. The Hall–Kier alpha value is -1.13. The largest absolute Gasteiger partial charge is 0.492 e. The smallest absolute Gasteiger partial charge is 0.123 e. The normalized spacial score (nSPS) is 16.6. The quantitative estimate of drug-likeness (QED) is 0.837. The number of hydrogen-bond acceptors (Lipinski definition) is 3. The molecule has 1 N–H and O–H groups in total. The van der Waals surface area contributed by atoms with E-state index >= 15 is 0 Å². The number of nitrogens with one attached hydrogen (secondary N) is 1. The number of rotatable bonds is 7. The lowest BCUT2D eigenvalue weighted by Gasteiger charge is -2.32. The van der Waals surface area contributed by atoms with Crippen molar-refractivity contribution in [1.82, 2.24) is 10.2 Å². The van der Waals surface area contributed by atoms with Crippen LogP contribution in [0.1, 0.15) is 26.7 Å². The summed E-state index contributed by atoms with van der Waals surface area (Å²) in [6, 6.07) is 6.76. The average Bonchev–Trinajstić information content (AvgIpc) is 2.49. The van der Waals surface area contributed by atoms with Crippen molar-refractivity contribution in [2.75, 3.05) is 32.8 Å². The highest BCUT2D eigenvalue weighted by molar-refractivity contribution is 5.21. The highest BCUT2D eigenvalue weighted by atomic mass is 19.1. The Morgan fingerprint density at radius 2 is 1.90 bits per heavy atom. The summed E-state index contributed by atoms with van der Waals surface area (Å²) in [5.74, 6) is 1.30. The minimum absolute atomic E-state index is 0.225. The van der Waals surface area contributed by atoms with Crippen LogP contribution in [-0.4, -0.2) is 43.7 Å². The molecule has 0 spiro atoms. The van der Waals surface area contributed by atoms with Crippen molar-refractivity contribution in [3.63, 3.8) is 0 Å². The molecule has 2 rings (SSSR count). The zero-order valence-corrected chi connectivity index (χ0v) is 13.1. The summed E-state index contributed by atoms with van der Waals surface area (Å²) in [7, 11) is 0. The van der Waals surface area contributed by atoms with E-state index < -0.39 is 0 Å². The van der Waals surface area contributed by atoms with Gasteiger partial charge in [-0.2, -0.15) is 0 Å². The lowest BCUT2D eigenvalue weighted by atomic mass is 9.97. The summed E-state index contributed by atoms with van der Waals surface area (Å²) in [5, 5.41) is 3.41. The van der Waals surface area contributed by atoms with Crippen molar-refractivity contribution in [1.29, 1.82) is 0 Å². The lowest BCUT2D eigenvalue weighted by Crippen LogP contribution is -2.41. The van der Waals surface area contributed by atoms with Crippen LogP contribution in [0.25, 0.3) is 0 Å². The maximum absolute atomic E-state index is 12.8. The fraction of sp³-hybridized carbons (Fsp3) is 0.647. The van der Waals surface area contributed by atoms with Gasteiger partial charge in [0.1, 0.15) is 18.2 Å². The topological polar surface area (TPSA) is 24.5 Å². The van der Waals surface area contributed by atoms with Crippen LogP contribution in [0, 0.1) is 11.7 Å². The highest BCUT2D eigenvalue weighted by Gasteiger charge is 2.18. The number of nitrogens with zero attached hydrogens (tertiary/aromatic N) is 1. The van der Waals surface area contributed by atoms with E-state index in [1.165, 1.54) is 25.0 Å². The number of halogens is 1. The van der Waals surface area contributed by atoms with Crippen LogP contribution >= 0.6 is 0 Å². The maximum atomic E-state index is 12.8. The molecule has 1 aliphatic heterocycles. The van der Waals surface area contributed by atoms with Crippen LogP contribution in [-0.2, 0) is 0 Å². The first-order valence-electron chi connectivity index (χ1n) is 7.98. The Labute approximate surface area is 127 Å². The van der Waals surface area contributed by atoms with Gasteiger partial charge in [0, 0.05) is 19.1 Å². The summed E-state index contributed by atoms with van der Waals surface area (Å²) in [5.41, 5.74) is 0. The van der Waals surface area contributed by atoms with Gasteiger partial charge in [-0.3, -0.25) is 4.90 Å². The van der Waals surface area contributed by atoms with E-state index in [0.29, 0.717) is 12.6 Å². The standard InChI is InChI=1S/C17H27FN2O/c1-14(2)20(13-15-7-9-19-10-8-15)11-12-21-17-5-3-16(18)4-6-17/h3-6,14-15,19H,7-13H2,1-2H3. The second-order valence-corrected chi connectivity index (χ2v) is 6.08. The van der Waals surface area contributed by atoms with E-state index in [9.17, 15) is 4.39 Å². The lowest BCUT2D eigenvalue weighted by molar-refractivity contribution is 0.141. The second kappa shape index (κ2) is 8.35. The van der Waals surface area contributed by atoms with E-state index in [4.69, 9.17) is 4.74 Å². The molecule has 0 amide bonds. The highest BCUT2D eigenvalue weighted by Crippen LogP contribution is 2.15.